The average molecular weight is 257 g/mol. The molecule has 0 radical (unpaired) electrons. The second-order valence-electron chi connectivity index (χ2n) is 5.83. The summed E-state index contributed by atoms with van der Waals surface area (Å²) in [5.74, 6) is -1.42. The van der Waals surface area contributed by atoms with E-state index in [-0.39, 0.29) is 12.6 Å². The summed E-state index contributed by atoms with van der Waals surface area (Å²) in [6, 6.07) is -0.587. The molecule has 6 nitrogen and oxygen atoms in total. The number of hydrogen-bond acceptors (Lipinski definition) is 4. The summed E-state index contributed by atoms with van der Waals surface area (Å²) >= 11 is 0. The summed E-state index contributed by atoms with van der Waals surface area (Å²) in [5.41, 5.74) is -0.576. The van der Waals surface area contributed by atoms with Gasteiger partial charge in [-0.15, -0.1) is 0 Å². The highest BCUT2D eigenvalue weighted by atomic mass is 16.6. The standard InChI is InChI=1S/C12H19NO5/c1-12(2,3)18-11(16)13-7-4-8(10(14)15)9(13)6-17-5-7/h7-9H,4-6H2,1-3H3,(H,14,15). The molecule has 2 aliphatic heterocycles. The minimum absolute atomic E-state index is 0.181. The number of fused-ring (bicyclic) bond motifs is 2. The Bertz CT molecular complexity index is 362. The highest BCUT2D eigenvalue weighted by Gasteiger charge is 2.50. The van der Waals surface area contributed by atoms with E-state index in [0.29, 0.717) is 13.0 Å². The number of nitrogens with zero attached hydrogens (tertiary/aromatic N) is 1. The summed E-state index contributed by atoms with van der Waals surface area (Å²) in [6.45, 7) is 6.04. The van der Waals surface area contributed by atoms with Gasteiger partial charge in [-0.1, -0.05) is 0 Å². The molecular weight excluding hydrogens is 238 g/mol. The fourth-order valence-corrected chi connectivity index (χ4v) is 2.56. The third-order valence-electron chi connectivity index (χ3n) is 3.26. The first-order valence-corrected chi connectivity index (χ1v) is 6.11. The minimum atomic E-state index is -0.874. The lowest BCUT2D eigenvalue weighted by atomic mass is 10.0. The van der Waals surface area contributed by atoms with E-state index in [4.69, 9.17) is 14.6 Å². The maximum atomic E-state index is 12.1. The van der Waals surface area contributed by atoms with Gasteiger partial charge in [-0.25, -0.2) is 4.79 Å². The Morgan fingerprint density at radius 2 is 2.00 bits per heavy atom. The Balaban J connectivity index is 2.14. The molecule has 0 spiro atoms. The van der Waals surface area contributed by atoms with E-state index >= 15 is 0 Å². The molecule has 3 unspecified atom stereocenters. The molecule has 2 aliphatic rings. The van der Waals surface area contributed by atoms with Gasteiger partial charge in [0.25, 0.3) is 0 Å². The highest BCUT2D eigenvalue weighted by molar-refractivity contribution is 5.76. The van der Waals surface area contributed by atoms with E-state index in [2.05, 4.69) is 0 Å². The number of carbonyl (C=O) groups excluding carboxylic acids is 1. The Morgan fingerprint density at radius 3 is 2.56 bits per heavy atom. The van der Waals surface area contributed by atoms with Gasteiger partial charge in [-0.2, -0.15) is 0 Å². The molecule has 2 heterocycles. The molecule has 2 bridgehead atoms. The minimum Gasteiger partial charge on any atom is -0.481 e. The molecule has 1 N–H and O–H groups in total. The van der Waals surface area contributed by atoms with Gasteiger partial charge in [0.15, 0.2) is 0 Å². The third-order valence-corrected chi connectivity index (χ3v) is 3.26. The van der Waals surface area contributed by atoms with Crippen molar-refractivity contribution < 1.29 is 24.2 Å². The first-order valence-electron chi connectivity index (χ1n) is 6.11. The van der Waals surface area contributed by atoms with Crippen molar-refractivity contribution in [3.8, 4) is 0 Å². The second kappa shape index (κ2) is 4.42. The third kappa shape index (κ3) is 2.43. The fourth-order valence-electron chi connectivity index (χ4n) is 2.56. The van der Waals surface area contributed by atoms with Gasteiger partial charge in [0.05, 0.1) is 31.2 Å². The first-order chi connectivity index (χ1) is 8.29. The quantitative estimate of drug-likeness (QED) is 0.761. The van der Waals surface area contributed by atoms with E-state index in [9.17, 15) is 9.59 Å². The molecule has 2 fully saturated rings. The van der Waals surface area contributed by atoms with Crippen LogP contribution in [0.15, 0.2) is 0 Å². The van der Waals surface area contributed by atoms with Crippen LogP contribution in [0.3, 0.4) is 0 Å². The summed E-state index contributed by atoms with van der Waals surface area (Å²) < 4.78 is 10.7. The van der Waals surface area contributed by atoms with Gasteiger partial charge >= 0.3 is 12.1 Å². The predicted octanol–water partition coefficient (Wildman–Crippen LogP) is 1.10. The number of aliphatic carboxylic acids is 1. The molecule has 6 heteroatoms. The molecule has 2 rings (SSSR count). The lowest BCUT2D eigenvalue weighted by Crippen LogP contribution is -2.52. The smallest absolute Gasteiger partial charge is 0.410 e. The summed E-state index contributed by atoms with van der Waals surface area (Å²) in [6.07, 6.45) is 0.00346. The van der Waals surface area contributed by atoms with Crippen molar-refractivity contribution in [3.63, 3.8) is 0 Å². The number of morpholine rings is 1. The van der Waals surface area contributed by atoms with E-state index in [1.165, 1.54) is 0 Å². The van der Waals surface area contributed by atoms with Gasteiger partial charge in [0.1, 0.15) is 5.60 Å². The fraction of sp³-hybridized carbons (Fsp3) is 0.833. The molecule has 102 valence electrons. The zero-order chi connectivity index (χ0) is 13.5. The van der Waals surface area contributed by atoms with Crippen molar-refractivity contribution >= 4 is 12.1 Å². The normalized spacial score (nSPS) is 31.3. The first kappa shape index (κ1) is 13.1. The second-order valence-corrected chi connectivity index (χ2v) is 5.83. The van der Waals surface area contributed by atoms with Crippen LogP contribution < -0.4 is 0 Å². The van der Waals surface area contributed by atoms with Crippen LogP contribution in [0, 0.1) is 5.92 Å². The van der Waals surface area contributed by atoms with Gasteiger partial charge in [0.2, 0.25) is 0 Å². The number of carboxylic acid groups (broad SMARTS) is 1. The Morgan fingerprint density at radius 1 is 1.33 bits per heavy atom. The van der Waals surface area contributed by atoms with Crippen LogP contribution in [0.25, 0.3) is 0 Å². The molecule has 0 aromatic heterocycles. The van der Waals surface area contributed by atoms with Crippen LogP contribution in [0.5, 0.6) is 0 Å². The lowest BCUT2D eigenvalue weighted by molar-refractivity contribution is -0.143. The van der Waals surface area contributed by atoms with Crippen LogP contribution in [0.2, 0.25) is 0 Å². The van der Waals surface area contributed by atoms with Crippen molar-refractivity contribution in [2.24, 2.45) is 5.92 Å². The van der Waals surface area contributed by atoms with Gasteiger partial charge in [-0.05, 0) is 27.2 Å². The van der Waals surface area contributed by atoms with Crippen molar-refractivity contribution in [2.75, 3.05) is 13.2 Å². The number of carboxylic acids is 1. The molecule has 0 aromatic rings. The molecule has 1 amide bonds. The zero-order valence-electron chi connectivity index (χ0n) is 10.9. The van der Waals surface area contributed by atoms with Crippen molar-refractivity contribution in [1.29, 1.82) is 0 Å². The molecular formula is C12H19NO5. The van der Waals surface area contributed by atoms with Gasteiger partial charge in [0, 0.05) is 0 Å². The zero-order valence-corrected chi connectivity index (χ0v) is 10.9. The molecule has 3 atom stereocenters. The number of amides is 1. The molecule has 0 aliphatic carbocycles. The van der Waals surface area contributed by atoms with Crippen LogP contribution in [0.1, 0.15) is 27.2 Å². The van der Waals surface area contributed by atoms with E-state index in [1.807, 2.05) is 0 Å². The van der Waals surface area contributed by atoms with E-state index in [0.717, 1.165) is 0 Å². The monoisotopic (exact) mass is 257 g/mol. The van der Waals surface area contributed by atoms with E-state index < -0.39 is 29.6 Å². The Labute approximate surface area is 106 Å². The number of hydrogen-bond donors (Lipinski definition) is 1. The van der Waals surface area contributed by atoms with Crippen LogP contribution >= 0.6 is 0 Å². The number of rotatable bonds is 1. The number of carbonyl (C=O) groups is 2. The van der Waals surface area contributed by atoms with Crippen LogP contribution in [-0.4, -0.2) is 53.0 Å². The largest absolute Gasteiger partial charge is 0.481 e. The SMILES string of the molecule is CC(C)(C)OC(=O)N1C2COCC1C(C(=O)O)C2. The van der Waals surface area contributed by atoms with E-state index in [1.54, 1.807) is 25.7 Å². The molecule has 0 saturated carbocycles. The predicted molar refractivity (Wildman–Crippen MR) is 62.2 cm³/mol. The van der Waals surface area contributed by atoms with Crippen molar-refractivity contribution in [2.45, 2.75) is 44.9 Å². The van der Waals surface area contributed by atoms with Gasteiger partial charge in [-0.3, -0.25) is 9.69 Å². The molecule has 18 heavy (non-hydrogen) atoms. The van der Waals surface area contributed by atoms with Crippen LogP contribution in [-0.2, 0) is 14.3 Å². The van der Waals surface area contributed by atoms with Gasteiger partial charge < -0.3 is 14.6 Å². The van der Waals surface area contributed by atoms with Crippen LogP contribution in [0.4, 0.5) is 4.79 Å². The molecule has 2 saturated heterocycles. The lowest BCUT2D eigenvalue weighted by Gasteiger charge is -2.36. The van der Waals surface area contributed by atoms with Crippen molar-refractivity contribution in [3.05, 3.63) is 0 Å². The average Bonchev–Trinajstić information content (AvgIpc) is 2.43. The topological polar surface area (TPSA) is 76.1 Å². The molecule has 0 aromatic carbocycles. The summed E-state index contributed by atoms with van der Waals surface area (Å²) in [5, 5.41) is 9.16. The Kier molecular flexibility index (Phi) is 3.23. The number of ether oxygens (including phenoxy) is 2. The Hall–Kier alpha value is -1.30. The van der Waals surface area contributed by atoms with Crippen molar-refractivity contribution in [1.82, 2.24) is 4.90 Å². The summed E-state index contributed by atoms with van der Waals surface area (Å²) in [4.78, 5) is 24.8. The highest BCUT2D eigenvalue weighted by Crippen LogP contribution is 2.35. The maximum absolute atomic E-state index is 12.1. The maximum Gasteiger partial charge on any atom is 0.410 e. The summed E-state index contributed by atoms with van der Waals surface area (Å²) in [7, 11) is 0.